The van der Waals surface area contributed by atoms with E-state index in [9.17, 15) is 10.1 Å². The molecule has 0 saturated carbocycles. The second-order valence-corrected chi connectivity index (χ2v) is 4.24. The summed E-state index contributed by atoms with van der Waals surface area (Å²) in [5.74, 6) is 0.638. The number of hydrogen-bond acceptors (Lipinski definition) is 4. The fourth-order valence-corrected chi connectivity index (χ4v) is 1.56. The molecule has 1 unspecified atom stereocenters. The highest BCUT2D eigenvalue weighted by Gasteiger charge is 2.10. The maximum Gasteiger partial charge on any atom is 0.235 e. The summed E-state index contributed by atoms with van der Waals surface area (Å²) in [5.41, 5.74) is 1.80. The highest BCUT2D eigenvalue weighted by atomic mass is 16.6. The lowest BCUT2D eigenvalue weighted by atomic mass is 10.0. The van der Waals surface area contributed by atoms with E-state index in [1.807, 2.05) is 32.3 Å². The third-order valence-electron chi connectivity index (χ3n) is 2.89. The number of nitro groups is 1. The Kier molecular flexibility index (Phi) is 4.85. The molecule has 18 heavy (non-hydrogen) atoms. The molecular weight excluding hydrogens is 232 g/mol. The molecule has 0 saturated heterocycles. The summed E-state index contributed by atoms with van der Waals surface area (Å²) >= 11 is 0. The van der Waals surface area contributed by atoms with Crippen LogP contribution in [-0.2, 0) is 0 Å². The van der Waals surface area contributed by atoms with E-state index in [0.29, 0.717) is 11.3 Å². The van der Waals surface area contributed by atoms with Crippen LogP contribution in [0.4, 0.5) is 0 Å². The predicted octanol–water partition coefficient (Wildman–Crippen LogP) is 2.57. The average Bonchev–Trinajstić information content (AvgIpc) is 2.34. The molecule has 5 nitrogen and oxygen atoms in total. The van der Waals surface area contributed by atoms with Crippen LogP contribution in [0.3, 0.4) is 0 Å². The van der Waals surface area contributed by atoms with Gasteiger partial charge in [0.25, 0.3) is 0 Å². The van der Waals surface area contributed by atoms with Crippen LogP contribution in [-0.4, -0.2) is 31.0 Å². The van der Waals surface area contributed by atoms with Crippen molar-refractivity contribution in [3.8, 4) is 5.75 Å². The molecule has 0 spiro atoms. The minimum Gasteiger partial charge on any atom is -0.496 e. The summed E-state index contributed by atoms with van der Waals surface area (Å²) in [4.78, 5) is 11.9. The van der Waals surface area contributed by atoms with Crippen LogP contribution >= 0.6 is 0 Å². The summed E-state index contributed by atoms with van der Waals surface area (Å²) < 4.78 is 5.26. The Morgan fingerprint density at radius 1 is 1.44 bits per heavy atom. The minimum atomic E-state index is -0.490. The van der Waals surface area contributed by atoms with Crippen LogP contribution in [0, 0.1) is 10.1 Å². The molecule has 0 amide bonds. The summed E-state index contributed by atoms with van der Waals surface area (Å²) in [6, 6.07) is 5.94. The quantitative estimate of drug-likeness (QED) is 0.595. The average molecular weight is 250 g/mol. The highest BCUT2D eigenvalue weighted by molar-refractivity contribution is 5.57. The highest BCUT2D eigenvalue weighted by Crippen LogP contribution is 2.26. The van der Waals surface area contributed by atoms with Crippen LogP contribution < -0.4 is 4.74 Å². The molecule has 0 fully saturated rings. The van der Waals surface area contributed by atoms with Crippen LogP contribution in [0.15, 0.2) is 24.4 Å². The Labute approximate surface area is 107 Å². The summed E-state index contributed by atoms with van der Waals surface area (Å²) in [7, 11) is 5.55. The van der Waals surface area contributed by atoms with Gasteiger partial charge < -0.3 is 9.64 Å². The maximum absolute atomic E-state index is 10.3. The van der Waals surface area contributed by atoms with Gasteiger partial charge in [0.1, 0.15) is 5.75 Å². The number of nitrogens with zero attached hydrogens (tertiary/aromatic N) is 2. The Morgan fingerprint density at radius 3 is 2.61 bits per heavy atom. The molecule has 98 valence electrons. The topological polar surface area (TPSA) is 55.6 Å². The van der Waals surface area contributed by atoms with Crippen molar-refractivity contribution in [2.75, 3.05) is 21.2 Å². The molecule has 0 bridgehead atoms. The summed E-state index contributed by atoms with van der Waals surface area (Å²) in [5, 5.41) is 10.3. The zero-order valence-electron chi connectivity index (χ0n) is 11.1. The standard InChI is InChI=1S/C13H18N2O3/c1-10(14(2)3)12-6-5-11(7-8-15(16)17)13(9-12)18-4/h5-10H,1-4H3/b8-7+. The molecule has 1 rings (SSSR count). The van der Waals surface area contributed by atoms with E-state index >= 15 is 0 Å². The first-order chi connectivity index (χ1) is 8.45. The molecular formula is C13H18N2O3. The first-order valence-electron chi connectivity index (χ1n) is 5.61. The second-order valence-electron chi connectivity index (χ2n) is 4.24. The molecule has 0 heterocycles. The molecule has 0 aliphatic carbocycles. The third-order valence-corrected chi connectivity index (χ3v) is 2.89. The molecule has 0 aromatic heterocycles. The fourth-order valence-electron chi connectivity index (χ4n) is 1.56. The smallest absolute Gasteiger partial charge is 0.235 e. The monoisotopic (exact) mass is 250 g/mol. The first-order valence-corrected chi connectivity index (χ1v) is 5.61. The van der Waals surface area contributed by atoms with E-state index in [4.69, 9.17) is 4.74 Å². The molecule has 0 aliphatic rings. The third kappa shape index (κ3) is 3.56. The SMILES string of the molecule is COc1cc(C(C)N(C)C)ccc1/C=C/[N+](=O)[O-]. The van der Waals surface area contributed by atoms with E-state index in [-0.39, 0.29) is 6.04 Å². The molecule has 0 aliphatic heterocycles. The normalized spacial score (nSPS) is 12.9. The minimum absolute atomic E-state index is 0.257. The van der Waals surface area contributed by atoms with E-state index in [1.165, 1.54) is 6.08 Å². The van der Waals surface area contributed by atoms with Crippen molar-refractivity contribution in [3.05, 3.63) is 45.6 Å². The summed E-state index contributed by atoms with van der Waals surface area (Å²) in [6.07, 6.45) is 2.34. The molecule has 0 radical (unpaired) electrons. The largest absolute Gasteiger partial charge is 0.496 e. The van der Waals surface area contributed by atoms with E-state index in [1.54, 1.807) is 7.11 Å². The molecule has 5 heteroatoms. The molecule has 0 N–H and O–H groups in total. The Hall–Kier alpha value is -1.88. The van der Waals surface area contributed by atoms with Crippen molar-refractivity contribution in [1.29, 1.82) is 0 Å². The van der Waals surface area contributed by atoms with Crippen LogP contribution in [0.5, 0.6) is 5.75 Å². The number of rotatable bonds is 5. The van der Waals surface area contributed by atoms with Gasteiger partial charge in [-0.1, -0.05) is 12.1 Å². The van der Waals surface area contributed by atoms with Gasteiger partial charge in [0.2, 0.25) is 6.20 Å². The van der Waals surface area contributed by atoms with Gasteiger partial charge in [-0.05, 0) is 32.6 Å². The number of methoxy groups -OCH3 is 1. The zero-order valence-corrected chi connectivity index (χ0v) is 11.1. The molecule has 1 aromatic carbocycles. The predicted molar refractivity (Wildman–Crippen MR) is 71.1 cm³/mol. The Morgan fingerprint density at radius 2 is 2.11 bits per heavy atom. The number of benzene rings is 1. The molecule has 1 aromatic rings. The van der Waals surface area contributed by atoms with Crippen molar-refractivity contribution in [2.45, 2.75) is 13.0 Å². The van der Waals surface area contributed by atoms with Gasteiger partial charge in [-0.15, -0.1) is 0 Å². The lowest BCUT2D eigenvalue weighted by Crippen LogP contribution is -2.16. The van der Waals surface area contributed by atoms with E-state index in [0.717, 1.165) is 11.8 Å². The van der Waals surface area contributed by atoms with Gasteiger partial charge in [0.15, 0.2) is 0 Å². The van der Waals surface area contributed by atoms with Crippen LogP contribution in [0.1, 0.15) is 24.1 Å². The van der Waals surface area contributed by atoms with Crippen LogP contribution in [0.2, 0.25) is 0 Å². The number of ether oxygens (including phenoxy) is 1. The van der Waals surface area contributed by atoms with Crippen molar-refractivity contribution in [3.63, 3.8) is 0 Å². The first kappa shape index (κ1) is 14.2. The van der Waals surface area contributed by atoms with Gasteiger partial charge in [-0.2, -0.15) is 0 Å². The Bertz CT molecular complexity index is 456. The fraction of sp³-hybridized carbons (Fsp3) is 0.385. The maximum atomic E-state index is 10.3. The molecule has 1 atom stereocenters. The van der Waals surface area contributed by atoms with Crippen molar-refractivity contribution in [2.24, 2.45) is 0 Å². The lowest BCUT2D eigenvalue weighted by Gasteiger charge is -2.21. The lowest BCUT2D eigenvalue weighted by molar-refractivity contribution is -0.400. The van der Waals surface area contributed by atoms with E-state index in [2.05, 4.69) is 11.8 Å². The van der Waals surface area contributed by atoms with Gasteiger partial charge in [0.05, 0.1) is 12.0 Å². The van der Waals surface area contributed by atoms with Gasteiger partial charge in [0, 0.05) is 17.7 Å². The zero-order chi connectivity index (χ0) is 13.7. The van der Waals surface area contributed by atoms with Crippen molar-refractivity contribution >= 4 is 6.08 Å². The summed E-state index contributed by atoms with van der Waals surface area (Å²) in [6.45, 7) is 2.08. The van der Waals surface area contributed by atoms with Gasteiger partial charge in [-0.3, -0.25) is 10.1 Å². The van der Waals surface area contributed by atoms with Crippen molar-refractivity contribution in [1.82, 2.24) is 4.90 Å². The second kappa shape index (κ2) is 6.16. The van der Waals surface area contributed by atoms with Crippen molar-refractivity contribution < 1.29 is 9.66 Å². The van der Waals surface area contributed by atoms with E-state index < -0.39 is 4.92 Å². The Balaban J connectivity index is 3.07. The van der Waals surface area contributed by atoms with Gasteiger partial charge in [-0.25, -0.2) is 0 Å². The number of hydrogen-bond donors (Lipinski definition) is 0. The van der Waals surface area contributed by atoms with Gasteiger partial charge >= 0.3 is 0 Å². The van der Waals surface area contributed by atoms with Crippen LogP contribution in [0.25, 0.3) is 6.08 Å².